The number of aryl methyl sites for hydroxylation is 2. The summed E-state index contributed by atoms with van der Waals surface area (Å²) in [5.41, 5.74) is 8.35. The van der Waals surface area contributed by atoms with Gasteiger partial charge in [-0.05, 0) is 37.6 Å². The predicted octanol–water partition coefficient (Wildman–Crippen LogP) is 3.33. The van der Waals surface area contributed by atoms with Crippen LogP contribution in [0.25, 0.3) is 0 Å². The summed E-state index contributed by atoms with van der Waals surface area (Å²) in [6, 6.07) is 7.38. The fourth-order valence-corrected chi connectivity index (χ4v) is 2.53. The summed E-state index contributed by atoms with van der Waals surface area (Å²) in [6.07, 6.45) is 0.911. The minimum Gasteiger partial charge on any atom is -0.487 e. The van der Waals surface area contributed by atoms with E-state index in [0.717, 1.165) is 24.4 Å². The Morgan fingerprint density at radius 3 is 2.71 bits per heavy atom. The Bertz CT molecular complexity index is 654. The molecule has 112 valence electrons. The lowest BCUT2D eigenvalue weighted by atomic mass is 10.2. The SMILES string of the molecule is CCc1cc(COc2ccc(C(N)=S)c(Cl)c2)n(CC)n1. The molecule has 0 aliphatic rings. The number of ether oxygens (including phenoxy) is 1. The fourth-order valence-electron chi connectivity index (χ4n) is 2.02. The third kappa shape index (κ3) is 3.74. The zero-order valence-corrected chi connectivity index (χ0v) is 13.7. The van der Waals surface area contributed by atoms with Crippen LogP contribution < -0.4 is 10.5 Å². The molecule has 0 unspecified atom stereocenters. The van der Waals surface area contributed by atoms with Crippen molar-refractivity contribution in [3.63, 3.8) is 0 Å². The molecule has 0 saturated carbocycles. The van der Waals surface area contributed by atoms with Gasteiger partial charge < -0.3 is 10.5 Å². The Morgan fingerprint density at radius 1 is 1.38 bits per heavy atom. The molecule has 0 fully saturated rings. The molecule has 0 aliphatic heterocycles. The molecule has 0 amide bonds. The first kappa shape index (κ1) is 15.8. The topological polar surface area (TPSA) is 53.1 Å². The van der Waals surface area contributed by atoms with Crippen LogP contribution in [0.3, 0.4) is 0 Å². The van der Waals surface area contributed by atoms with Crippen LogP contribution in [0.4, 0.5) is 0 Å². The maximum atomic E-state index is 6.13. The molecule has 21 heavy (non-hydrogen) atoms. The smallest absolute Gasteiger partial charge is 0.130 e. The number of nitrogens with two attached hydrogens (primary N) is 1. The summed E-state index contributed by atoms with van der Waals surface area (Å²) in [5, 5.41) is 4.99. The van der Waals surface area contributed by atoms with Gasteiger partial charge in [0.1, 0.15) is 17.3 Å². The first-order chi connectivity index (χ1) is 10.0. The molecule has 0 spiro atoms. The minimum absolute atomic E-state index is 0.281. The van der Waals surface area contributed by atoms with Gasteiger partial charge in [-0.15, -0.1) is 0 Å². The molecule has 0 saturated heterocycles. The number of rotatable bonds is 6. The van der Waals surface area contributed by atoms with Crippen LogP contribution >= 0.6 is 23.8 Å². The van der Waals surface area contributed by atoms with Gasteiger partial charge in [-0.25, -0.2) is 0 Å². The quantitative estimate of drug-likeness (QED) is 0.828. The highest BCUT2D eigenvalue weighted by molar-refractivity contribution is 7.80. The lowest BCUT2D eigenvalue weighted by molar-refractivity contribution is 0.292. The summed E-state index contributed by atoms with van der Waals surface area (Å²) in [4.78, 5) is 0.281. The largest absolute Gasteiger partial charge is 0.487 e. The molecule has 2 N–H and O–H groups in total. The third-order valence-corrected chi connectivity index (χ3v) is 3.70. The van der Waals surface area contributed by atoms with Crippen LogP contribution in [-0.2, 0) is 19.6 Å². The van der Waals surface area contributed by atoms with Gasteiger partial charge in [0.25, 0.3) is 0 Å². The molecule has 0 bridgehead atoms. The summed E-state index contributed by atoms with van der Waals surface area (Å²) >= 11 is 11.1. The van der Waals surface area contributed by atoms with Gasteiger partial charge in [-0.1, -0.05) is 30.7 Å². The van der Waals surface area contributed by atoms with E-state index in [1.54, 1.807) is 12.1 Å². The van der Waals surface area contributed by atoms with Crippen LogP contribution in [0, 0.1) is 0 Å². The van der Waals surface area contributed by atoms with Crippen LogP contribution in [0.5, 0.6) is 5.75 Å². The number of nitrogens with zero attached hydrogens (tertiary/aromatic N) is 2. The number of halogens is 1. The second kappa shape index (κ2) is 6.91. The van der Waals surface area contributed by atoms with Crippen LogP contribution in [0.15, 0.2) is 24.3 Å². The standard InChI is InChI=1S/C15H18ClN3OS/c1-3-10-7-11(19(4-2)18-10)9-20-12-5-6-13(15(17)21)14(16)8-12/h5-8H,3-4,9H2,1-2H3,(H2,17,21). The van der Waals surface area contributed by atoms with Crippen LogP contribution in [0.1, 0.15) is 30.8 Å². The van der Waals surface area contributed by atoms with Crippen molar-refractivity contribution in [2.75, 3.05) is 0 Å². The van der Waals surface area contributed by atoms with E-state index in [-0.39, 0.29) is 4.99 Å². The van der Waals surface area contributed by atoms with Crippen molar-refractivity contribution in [3.8, 4) is 5.75 Å². The normalized spacial score (nSPS) is 10.6. The van der Waals surface area contributed by atoms with E-state index in [4.69, 9.17) is 34.3 Å². The Labute approximate surface area is 134 Å². The Hall–Kier alpha value is -1.59. The second-order valence-electron chi connectivity index (χ2n) is 4.59. The zero-order valence-electron chi connectivity index (χ0n) is 12.1. The van der Waals surface area contributed by atoms with E-state index in [0.29, 0.717) is 22.9 Å². The Kier molecular flexibility index (Phi) is 5.20. The van der Waals surface area contributed by atoms with Crippen molar-refractivity contribution in [2.24, 2.45) is 5.73 Å². The summed E-state index contributed by atoms with van der Waals surface area (Å²) in [5.74, 6) is 0.682. The first-order valence-corrected chi connectivity index (χ1v) is 7.61. The van der Waals surface area contributed by atoms with E-state index < -0.39 is 0 Å². The minimum atomic E-state index is 0.281. The first-order valence-electron chi connectivity index (χ1n) is 6.82. The summed E-state index contributed by atoms with van der Waals surface area (Å²) < 4.78 is 7.73. The third-order valence-electron chi connectivity index (χ3n) is 3.17. The number of thiocarbonyl (C=S) groups is 1. The molecule has 0 atom stereocenters. The van der Waals surface area contributed by atoms with E-state index in [1.165, 1.54) is 0 Å². The van der Waals surface area contributed by atoms with Crippen molar-refractivity contribution in [1.29, 1.82) is 0 Å². The monoisotopic (exact) mass is 323 g/mol. The highest BCUT2D eigenvalue weighted by Crippen LogP contribution is 2.23. The van der Waals surface area contributed by atoms with E-state index in [2.05, 4.69) is 25.0 Å². The fraction of sp³-hybridized carbons (Fsp3) is 0.333. The van der Waals surface area contributed by atoms with Gasteiger partial charge in [-0.3, -0.25) is 4.68 Å². The average Bonchev–Trinajstić information content (AvgIpc) is 2.87. The average molecular weight is 324 g/mol. The molecule has 2 rings (SSSR count). The number of benzene rings is 1. The van der Waals surface area contributed by atoms with Crippen molar-refractivity contribution < 1.29 is 4.74 Å². The van der Waals surface area contributed by atoms with Crippen molar-refractivity contribution in [2.45, 2.75) is 33.4 Å². The van der Waals surface area contributed by atoms with Crippen LogP contribution in [-0.4, -0.2) is 14.8 Å². The predicted molar refractivity (Wildman–Crippen MR) is 89.0 cm³/mol. The van der Waals surface area contributed by atoms with Crippen LogP contribution in [0.2, 0.25) is 5.02 Å². The Morgan fingerprint density at radius 2 is 2.14 bits per heavy atom. The molecule has 1 aromatic carbocycles. The molecule has 6 heteroatoms. The van der Waals surface area contributed by atoms with Gasteiger partial charge >= 0.3 is 0 Å². The van der Waals surface area contributed by atoms with E-state index >= 15 is 0 Å². The molecule has 0 radical (unpaired) electrons. The van der Waals surface area contributed by atoms with Gasteiger partial charge in [0, 0.05) is 12.1 Å². The molecular weight excluding hydrogens is 306 g/mol. The lowest BCUT2D eigenvalue weighted by Crippen LogP contribution is -2.10. The van der Waals surface area contributed by atoms with Crippen molar-refractivity contribution in [3.05, 3.63) is 46.2 Å². The molecule has 1 heterocycles. The summed E-state index contributed by atoms with van der Waals surface area (Å²) in [7, 11) is 0. The van der Waals surface area contributed by atoms with Gasteiger partial charge in [0.05, 0.1) is 16.4 Å². The van der Waals surface area contributed by atoms with Crippen molar-refractivity contribution in [1.82, 2.24) is 9.78 Å². The zero-order chi connectivity index (χ0) is 15.4. The van der Waals surface area contributed by atoms with E-state index in [1.807, 2.05) is 10.7 Å². The maximum absolute atomic E-state index is 6.13. The highest BCUT2D eigenvalue weighted by atomic mass is 35.5. The highest BCUT2D eigenvalue weighted by Gasteiger charge is 2.08. The number of hydrogen-bond acceptors (Lipinski definition) is 3. The van der Waals surface area contributed by atoms with Gasteiger partial charge in [0.2, 0.25) is 0 Å². The lowest BCUT2D eigenvalue weighted by Gasteiger charge is -2.09. The van der Waals surface area contributed by atoms with E-state index in [9.17, 15) is 0 Å². The van der Waals surface area contributed by atoms with Gasteiger partial charge in [-0.2, -0.15) is 5.10 Å². The second-order valence-corrected chi connectivity index (χ2v) is 5.44. The summed E-state index contributed by atoms with van der Waals surface area (Å²) in [6.45, 7) is 5.41. The van der Waals surface area contributed by atoms with Gasteiger partial charge in [0.15, 0.2) is 0 Å². The molecule has 2 aromatic rings. The van der Waals surface area contributed by atoms with Crippen molar-refractivity contribution >= 4 is 28.8 Å². The number of hydrogen-bond donors (Lipinski definition) is 1. The maximum Gasteiger partial charge on any atom is 0.130 e. The molecule has 0 aliphatic carbocycles. The number of aromatic nitrogens is 2. The Balaban J connectivity index is 2.11. The molecular formula is C15H18ClN3OS. The molecule has 4 nitrogen and oxygen atoms in total. The molecule has 1 aromatic heterocycles.